The minimum atomic E-state index is -4.33. The van der Waals surface area contributed by atoms with Crippen LogP contribution in [0.15, 0.2) is 30.3 Å². The Morgan fingerprint density at radius 3 is 2.30 bits per heavy atom. The van der Waals surface area contributed by atoms with Gasteiger partial charge in [0.1, 0.15) is 11.3 Å². The van der Waals surface area contributed by atoms with Crippen molar-refractivity contribution in [2.45, 2.75) is 32.4 Å². The molecule has 1 aromatic carbocycles. The number of nitrogens with zero attached hydrogens (tertiary/aromatic N) is 3. The second kappa shape index (κ2) is 7.38. The van der Waals surface area contributed by atoms with E-state index in [9.17, 15) is 13.2 Å². The summed E-state index contributed by atoms with van der Waals surface area (Å²) in [6.07, 6.45) is -0.831. The van der Waals surface area contributed by atoms with Crippen LogP contribution in [-0.4, -0.2) is 28.0 Å². The molecule has 27 heavy (non-hydrogen) atoms. The number of piperidine rings is 1. The molecule has 1 aliphatic heterocycles. The smallest absolute Gasteiger partial charge is 0.355 e. The van der Waals surface area contributed by atoms with E-state index in [1.165, 1.54) is 18.6 Å². The minimum Gasteiger partial charge on any atom is -0.355 e. The summed E-state index contributed by atoms with van der Waals surface area (Å²) in [5, 5.41) is 0. The summed E-state index contributed by atoms with van der Waals surface area (Å²) < 4.78 is 38.3. The molecule has 3 heterocycles. The van der Waals surface area contributed by atoms with Crippen molar-refractivity contribution in [3.63, 3.8) is 0 Å². The highest BCUT2D eigenvalue weighted by Crippen LogP contribution is 2.33. The second-order valence-corrected chi connectivity index (χ2v) is 6.66. The summed E-state index contributed by atoms with van der Waals surface area (Å²) in [6, 6.07) is 7.04. The van der Waals surface area contributed by atoms with Gasteiger partial charge in [-0.15, -0.1) is 12.4 Å². The molecule has 0 aliphatic carbocycles. The Morgan fingerprint density at radius 1 is 1.00 bits per heavy atom. The first-order chi connectivity index (χ1) is 12.4. The van der Waals surface area contributed by atoms with Crippen LogP contribution in [0.5, 0.6) is 0 Å². The summed E-state index contributed by atoms with van der Waals surface area (Å²) in [6.45, 7) is 3.78. The number of halogens is 4. The molecular formula is C19H20ClF3N4. The van der Waals surface area contributed by atoms with Crippen LogP contribution in [0, 0.1) is 6.92 Å². The summed E-state index contributed by atoms with van der Waals surface area (Å²) in [5.41, 5.74) is 2.41. The molecule has 144 valence electrons. The van der Waals surface area contributed by atoms with Gasteiger partial charge in [0.2, 0.25) is 0 Å². The van der Waals surface area contributed by atoms with E-state index in [1.54, 1.807) is 0 Å². The number of fused-ring (bicyclic) bond motifs is 1. The number of anilines is 1. The number of H-pyrrole nitrogens is 1. The van der Waals surface area contributed by atoms with E-state index < -0.39 is 11.7 Å². The zero-order chi connectivity index (χ0) is 18.3. The Labute approximate surface area is 161 Å². The van der Waals surface area contributed by atoms with Gasteiger partial charge in [-0.2, -0.15) is 13.2 Å². The maximum Gasteiger partial charge on any atom is 0.416 e. The molecule has 0 saturated carbocycles. The molecule has 3 aromatic rings. The maximum absolute atomic E-state index is 12.8. The van der Waals surface area contributed by atoms with E-state index >= 15 is 0 Å². The Morgan fingerprint density at radius 2 is 1.67 bits per heavy atom. The van der Waals surface area contributed by atoms with Crippen LogP contribution >= 0.6 is 12.4 Å². The number of aryl methyl sites for hydroxylation is 1. The Kier molecular flexibility index (Phi) is 5.33. The monoisotopic (exact) mass is 396 g/mol. The third-order valence-corrected chi connectivity index (χ3v) is 4.75. The molecule has 0 bridgehead atoms. The van der Waals surface area contributed by atoms with Gasteiger partial charge in [-0.1, -0.05) is 12.1 Å². The van der Waals surface area contributed by atoms with Crippen LogP contribution in [0.3, 0.4) is 0 Å². The average Bonchev–Trinajstić information content (AvgIpc) is 3.05. The van der Waals surface area contributed by atoms with E-state index in [1.807, 2.05) is 13.0 Å². The van der Waals surface area contributed by atoms with Crippen molar-refractivity contribution in [2.75, 3.05) is 18.0 Å². The molecule has 8 heteroatoms. The van der Waals surface area contributed by atoms with Gasteiger partial charge < -0.3 is 9.88 Å². The topological polar surface area (TPSA) is 44.8 Å². The largest absolute Gasteiger partial charge is 0.416 e. The third kappa shape index (κ3) is 3.88. The Hall–Kier alpha value is -2.28. The van der Waals surface area contributed by atoms with Gasteiger partial charge in [0.05, 0.1) is 11.1 Å². The first-order valence-corrected chi connectivity index (χ1v) is 8.72. The first kappa shape index (κ1) is 19.5. The summed E-state index contributed by atoms with van der Waals surface area (Å²) in [4.78, 5) is 14.7. The van der Waals surface area contributed by atoms with Gasteiger partial charge in [0.25, 0.3) is 0 Å². The number of benzene rings is 1. The highest BCUT2D eigenvalue weighted by atomic mass is 35.5. The van der Waals surface area contributed by atoms with Crippen molar-refractivity contribution in [3.05, 3.63) is 41.7 Å². The molecule has 1 aliphatic rings. The highest BCUT2D eigenvalue weighted by molar-refractivity contribution is 5.91. The molecule has 4 rings (SSSR count). The molecule has 1 N–H and O–H groups in total. The normalized spacial score (nSPS) is 15.0. The predicted octanol–water partition coefficient (Wildman–Crippen LogP) is 5.36. The van der Waals surface area contributed by atoms with E-state index in [0.29, 0.717) is 11.4 Å². The number of hydrogen-bond donors (Lipinski definition) is 1. The number of alkyl halides is 3. The van der Waals surface area contributed by atoms with Crippen molar-refractivity contribution in [1.29, 1.82) is 0 Å². The van der Waals surface area contributed by atoms with E-state index in [2.05, 4.69) is 19.9 Å². The Bertz CT molecular complexity index is 929. The standard InChI is InChI=1S/C19H19F3N4.ClH/c1-12-23-16-11-15(13-5-7-14(8-6-13)19(20,21)22)25-17(16)18(24-12)26-9-3-2-4-10-26;/h5-8,11,25H,2-4,9-10H2,1H3;1H. The van der Waals surface area contributed by atoms with Crippen molar-refractivity contribution in [2.24, 2.45) is 0 Å². The summed E-state index contributed by atoms with van der Waals surface area (Å²) in [5.74, 6) is 1.57. The molecule has 0 spiro atoms. The van der Waals surface area contributed by atoms with Gasteiger partial charge in [-0.25, -0.2) is 9.97 Å². The third-order valence-electron chi connectivity index (χ3n) is 4.75. The number of nitrogens with one attached hydrogen (secondary N) is 1. The molecule has 0 atom stereocenters. The van der Waals surface area contributed by atoms with Crippen LogP contribution < -0.4 is 4.90 Å². The minimum absolute atomic E-state index is 0. The van der Waals surface area contributed by atoms with Crippen molar-refractivity contribution >= 4 is 29.3 Å². The zero-order valence-electron chi connectivity index (χ0n) is 14.8. The van der Waals surface area contributed by atoms with Gasteiger partial charge in [-0.05, 0) is 49.9 Å². The highest BCUT2D eigenvalue weighted by Gasteiger charge is 2.30. The number of hydrogen-bond acceptors (Lipinski definition) is 3. The zero-order valence-corrected chi connectivity index (χ0v) is 15.6. The number of aromatic amines is 1. The van der Waals surface area contributed by atoms with Gasteiger partial charge in [-0.3, -0.25) is 0 Å². The lowest BCUT2D eigenvalue weighted by Gasteiger charge is -2.28. The van der Waals surface area contributed by atoms with Gasteiger partial charge in [0.15, 0.2) is 5.82 Å². The fraction of sp³-hybridized carbons (Fsp3) is 0.368. The molecule has 1 fully saturated rings. The number of rotatable bonds is 2. The molecule has 0 amide bonds. The van der Waals surface area contributed by atoms with Crippen LogP contribution in [0.25, 0.3) is 22.3 Å². The summed E-state index contributed by atoms with van der Waals surface area (Å²) >= 11 is 0. The molecule has 0 unspecified atom stereocenters. The fourth-order valence-corrected chi connectivity index (χ4v) is 3.44. The van der Waals surface area contributed by atoms with E-state index in [4.69, 9.17) is 0 Å². The molecule has 4 nitrogen and oxygen atoms in total. The van der Waals surface area contributed by atoms with E-state index in [0.717, 1.165) is 60.6 Å². The van der Waals surface area contributed by atoms with E-state index in [-0.39, 0.29) is 12.4 Å². The summed E-state index contributed by atoms with van der Waals surface area (Å²) in [7, 11) is 0. The predicted molar refractivity (Wildman–Crippen MR) is 102 cm³/mol. The Balaban J connectivity index is 0.00000210. The van der Waals surface area contributed by atoms with Crippen LogP contribution in [0.2, 0.25) is 0 Å². The maximum atomic E-state index is 12.8. The van der Waals surface area contributed by atoms with Gasteiger partial charge in [0, 0.05) is 18.8 Å². The van der Waals surface area contributed by atoms with Crippen LogP contribution in [0.4, 0.5) is 19.0 Å². The molecule has 2 aromatic heterocycles. The lowest BCUT2D eigenvalue weighted by atomic mass is 10.1. The van der Waals surface area contributed by atoms with Crippen LogP contribution in [-0.2, 0) is 6.18 Å². The SMILES string of the molecule is Cc1nc(N2CCCCC2)c2[nH]c(-c3ccc(C(F)(F)F)cc3)cc2n1.Cl. The van der Waals surface area contributed by atoms with Crippen molar-refractivity contribution in [3.8, 4) is 11.3 Å². The molecular weight excluding hydrogens is 377 g/mol. The van der Waals surface area contributed by atoms with Crippen LogP contribution in [0.1, 0.15) is 30.7 Å². The van der Waals surface area contributed by atoms with Gasteiger partial charge >= 0.3 is 6.18 Å². The lowest BCUT2D eigenvalue weighted by molar-refractivity contribution is -0.137. The van der Waals surface area contributed by atoms with Crippen molar-refractivity contribution in [1.82, 2.24) is 15.0 Å². The fourth-order valence-electron chi connectivity index (χ4n) is 3.44. The molecule has 0 radical (unpaired) electrons. The average molecular weight is 397 g/mol. The second-order valence-electron chi connectivity index (χ2n) is 6.66. The molecule has 1 saturated heterocycles. The number of aromatic nitrogens is 3. The quantitative estimate of drug-likeness (QED) is 0.633. The lowest BCUT2D eigenvalue weighted by Crippen LogP contribution is -2.30. The van der Waals surface area contributed by atoms with Crippen molar-refractivity contribution < 1.29 is 13.2 Å². The first-order valence-electron chi connectivity index (χ1n) is 8.72.